The molecule has 0 fully saturated rings. The minimum absolute atomic E-state index is 0.149. The van der Waals surface area contributed by atoms with Gasteiger partial charge in [0, 0.05) is 5.56 Å². The number of carboxylic acids is 1. The normalized spacial score (nSPS) is 13.1. The molecule has 8 nitrogen and oxygen atoms in total. The molecule has 3 aromatic rings. The van der Waals surface area contributed by atoms with Crippen LogP contribution in [0.1, 0.15) is 16.8 Å². The van der Waals surface area contributed by atoms with E-state index in [9.17, 15) is 15.0 Å². The molecule has 24 heavy (non-hydrogen) atoms. The summed E-state index contributed by atoms with van der Waals surface area (Å²) in [5.74, 6) is 4.02. The van der Waals surface area contributed by atoms with E-state index in [1.54, 1.807) is 25.1 Å². The molecule has 0 saturated heterocycles. The largest absolute Gasteiger partial charge is 0.478 e. The molecule has 120 valence electrons. The van der Waals surface area contributed by atoms with Crippen molar-refractivity contribution in [3.8, 4) is 11.8 Å². The Kier molecular flexibility index (Phi) is 3.63. The zero-order valence-corrected chi connectivity index (χ0v) is 12.6. The standard InChI is InChI=1S/C16H13N5O3/c1-10-12(13(17)21-15(20-10)18-9-19-21)7-8-16(24,14(22)23)11-5-3-2-4-6-11/h2-6,9,24H,17H2,1H3,(H,22,23). The summed E-state index contributed by atoms with van der Waals surface area (Å²) in [5.41, 5.74) is 4.52. The summed E-state index contributed by atoms with van der Waals surface area (Å²) in [6, 6.07) is 7.92. The average Bonchev–Trinajstić information content (AvgIpc) is 3.03. The summed E-state index contributed by atoms with van der Waals surface area (Å²) in [7, 11) is 0. The molecular weight excluding hydrogens is 310 g/mol. The first-order chi connectivity index (χ1) is 11.4. The van der Waals surface area contributed by atoms with Crippen LogP contribution >= 0.6 is 0 Å². The Morgan fingerprint density at radius 3 is 2.71 bits per heavy atom. The maximum Gasteiger partial charge on any atom is 0.353 e. The van der Waals surface area contributed by atoms with E-state index in [1.165, 1.54) is 23.0 Å². The summed E-state index contributed by atoms with van der Waals surface area (Å²) in [6.07, 6.45) is 1.30. The molecule has 0 aliphatic rings. The van der Waals surface area contributed by atoms with Gasteiger partial charge in [-0.1, -0.05) is 36.3 Å². The third kappa shape index (κ3) is 2.43. The highest BCUT2D eigenvalue weighted by molar-refractivity contribution is 5.83. The van der Waals surface area contributed by atoms with Gasteiger partial charge in [-0.3, -0.25) is 0 Å². The predicted molar refractivity (Wildman–Crippen MR) is 84.8 cm³/mol. The molecule has 4 N–H and O–H groups in total. The van der Waals surface area contributed by atoms with Crippen LogP contribution in [0.4, 0.5) is 5.82 Å². The number of nitrogen functional groups attached to an aromatic ring is 1. The van der Waals surface area contributed by atoms with Crippen LogP contribution in [-0.2, 0) is 10.4 Å². The van der Waals surface area contributed by atoms with Crippen LogP contribution in [0.15, 0.2) is 36.7 Å². The van der Waals surface area contributed by atoms with Crippen LogP contribution < -0.4 is 5.73 Å². The lowest BCUT2D eigenvalue weighted by Gasteiger charge is -2.17. The number of hydrogen-bond donors (Lipinski definition) is 3. The van der Waals surface area contributed by atoms with E-state index in [-0.39, 0.29) is 16.9 Å². The first-order valence-electron chi connectivity index (χ1n) is 6.94. The summed E-state index contributed by atoms with van der Waals surface area (Å²) in [5, 5.41) is 23.9. The fraction of sp³-hybridized carbons (Fsp3) is 0.125. The van der Waals surface area contributed by atoms with Crippen molar-refractivity contribution in [1.82, 2.24) is 19.6 Å². The van der Waals surface area contributed by atoms with Gasteiger partial charge in [0.1, 0.15) is 12.1 Å². The molecule has 0 aliphatic carbocycles. The number of aliphatic carboxylic acids is 1. The number of anilines is 1. The molecule has 3 rings (SSSR count). The molecule has 0 radical (unpaired) electrons. The molecule has 0 spiro atoms. The summed E-state index contributed by atoms with van der Waals surface area (Å²) < 4.78 is 1.29. The quantitative estimate of drug-likeness (QED) is 0.580. The fourth-order valence-corrected chi connectivity index (χ4v) is 2.21. The van der Waals surface area contributed by atoms with Gasteiger partial charge in [0.05, 0.1) is 11.3 Å². The molecule has 1 aromatic carbocycles. The van der Waals surface area contributed by atoms with E-state index in [2.05, 4.69) is 26.9 Å². The fourth-order valence-electron chi connectivity index (χ4n) is 2.21. The second-order valence-corrected chi connectivity index (χ2v) is 5.06. The van der Waals surface area contributed by atoms with Crippen LogP contribution in [0.25, 0.3) is 5.78 Å². The van der Waals surface area contributed by atoms with Crippen LogP contribution in [0.5, 0.6) is 0 Å². The van der Waals surface area contributed by atoms with Crippen molar-refractivity contribution in [2.24, 2.45) is 0 Å². The number of carboxylic acid groups (broad SMARTS) is 1. The van der Waals surface area contributed by atoms with E-state index in [0.717, 1.165) is 0 Å². The van der Waals surface area contributed by atoms with Crippen LogP contribution in [0.2, 0.25) is 0 Å². The predicted octanol–water partition coefficient (Wildman–Crippen LogP) is 0.339. The second-order valence-electron chi connectivity index (χ2n) is 5.06. The van der Waals surface area contributed by atoms with Crippen molar-refractivity contribution in [1.29, 1.82) is 0 Å². The third-order valence-corrected chi connectivity index (χ3v) is 3.51. The molecule has 2 aromatic heterocycles. The summed E-state index contributed by atoms with van der Waals surface area (Å²) in [4.78, 5) is 19.7. The molecule has 0 amide bonds. The highest BCUT2D eigenvalue weighted by Crippen LogP contribution is 2.22. The maximum atomic E-state index is 11.6. The molecule has 0 saturated carbocycles. The van der Waals surface area contributed by atoms with Gasteiger partial charge in [0.2, 0.25) is 5.60 Å². The van der Waals surface area contributed by atoms with E-state index in [0.29, 0.717) is 11.5 Å². The molecule has 8 heteroatoms. The van der Waals surface area contributed by atoms with Gasteiger partial charge in [-0.25, -0.2) is 9.78 Å². The molecule has 0 bridgehead atoms. The molecular formula is C16H13N5O3. The number of benzene rings is 1. The van der Waals surface area contributed by atoms with Gasteiger partial charge < -0.3 is 15.9 Å². The first-order valence-corrected chi connectivity index (χ1v) is 6.94. The Labute approximate surface area is 136 Å². The monoisotopic (exact) mass is 323 g/mol. The van der Waals surface area contributed by atoms with Crippen LogP contribution in [0.3, 0.4) is 0 Å². The lowest BCUT2D eigenvalue weighted by molar-refractivity contribution is -0.153. The zero-order chi connectivity index (χ0) is 17.3. The lowest BCUT2D eigenvalue weighted by Crippen LogP contribution is -2.34. The van der Waals surface area contributed by atoms with Crippen molar-refractivity contribution < 1.29 is 15.0 Å². The number of fused-ring (bicyclic) bond motifs is 1. The Hall–Kier alpha value is -3.44. The number of nitrogens with zero attached hydrogens (tertiary/aromatic N) is 4. The van der Waals surface area contributed by atoms with Gasteiger partial charge in [-0.15, -0.1) is 0 Å². The Balaban J connectivity index is 2.15. The van der Waals surface area contributed by atoms with E-state index in [4.69, 9.17) is 5.73 Å². The van der Waals surface area contributed by atoms with Gasteiger partial charge in [-0.05, 0) is 12.8 Å². The molecule has 1 atom stereocenters. The van der Waals surface area contributed by atoms with E-state index >= 15 is 0 Å². The smallest absolute Gasteiger partial charge is 0.353 e. The van der Waals surface area contributed by atoms with Crippen molar-refractivity contribution >= 4 is 17.6 Å². The number of rotatable bonds is 2. The number of aryl methyl sites for hydroxylation is 1. The van der Waals surface area contributed by atoms with Crippen molar-refractivity contribution in [3.63, 3.8) is 0 Å². The van der Waals surface area contributed by atoms with Gasteiger partial charge in [-0.2, -0.15) is 14.6 Å². The Morgan fingerprint density at radius 2 is 2.04 bits per heavy atom. The number of aromatic nitrogens is 4. The second kappa shape index (κ2) is 5.64. The van der Waals surface area contributed by atoms with Gasteiger partial charge in [0.15, 0.2) is 0 Å². The van der Waals surface area contributed by atoms with Crippen LogP contribution in [-0.4, -0.2) is 35.8 Å². The summed E-state index contributed by atoms with van der Waals surface area (Å²) in [6.45, 7) is 1.66. The van der Waals surface area contributed by atoms with Crippen molar-refractivity contribution in [2.75, 3.05) is 5.73 Å². The maximum absolute atomic E-state index is 11.6. The topological polar surface area (TPSA) is 127 Å². The minimum Gasteiger partial charge on any atom is -0.478 e. The highest BCUT2D eigenvalue weighted by Gasteiger charge is 2.36. The van der Waals surface area contributed by atoms with Crippen molar-refractivity contribution in [3.05, 3.63) is 53.5 Å². The SMILES string of the molecule is Cc1nc2ncnn2c(N)c1C#CC(O)(C(=O)O)c1ccccc1. The number of nitrogens with two attached hydrogens (primary N) is 1. The number of carbonyl (C=O) groups is 1. The zero-order valence-electron chi connectivity index (χ0n) is 12.6. The minimum atomic E-state index is -2.36. The van der Waals surface area contributed by atoms with E-state index < -0.39 is 11.6 Å². The van der Waals surface area contributed by atoms with Gasteiger partial charge >= 0.3 is 5.97 Å². The molecule has 0 aliphatic heterocycles. The Bertz CT molecular complexity index is 987. The third-order valence-electron chi connectivity index (χ3n) is 3.51. The molecule has 2 heterocycles. The van der Waals surface area contributed by atoms with E-state index in [1.807, 2.05) is 0 Å². The molecule has 1 unspecified atom stereocenters. The lowest BCUT2D eigenvalue weighted by atomic mass is 9.94. The van der Waals surface area contributed by atoms with Crippen molar-refractivity contribution in [2.45, 2.75) is 12.5 Å². The first kappa shape index (κ1) is 15.5. The number of hydrogen-bond acceptors (Lipinski definition) is 6. The number of aliphatic hydroxyl groups is 1. The average molecular weight is 323 g/mol. The Morgan fingerprint density at radius 1 is 1.33 bits per heavy atom. The van der Waals surface area contributed by atoms with Gasteiger partial charge in [0.25, 0.3) is 5.78 Å². The van der Waals surface area contributed by atoms with Crippen LogP contribution in [0, 0.1) is 18.8 Å². The summed E-state index contributed by atoms with van der Waals surface area (Å²) >= 11 is 0. The highest BCUT2D eigenvalue weighted by atomic mass is 16.4.